The Morgan fingerprint density at radius 3 is 2.58 bits per heavy atom. The quantitative estimate of drug-likeness (QED) is 0.391. The lowest BCUT2D eigenvalue weighted by Crippen LogP contribution is -2.40. The molecule has 1 saturated carbocycles. The van der Waals surface area contributed by atoms with Crippen LogP contribution in [0.3, 0.4) is 0 Å². The normalized spacial score (nSPS) is 19.2. The van der Waals surface area contributed by atoms with E-state index in [4.69, 9.17) is 4.98 Å². The Hall–Kier alpha value is -2.50. The van der Waals surface area contributed by atoms with Crippen LogP contribution in [0.15, 0.2) is 30.5 Å². The maximum absolute atomic E-state index is 13.9. The van der Waals surface area contributed by atoms with Gasteiger partial charge in [0.2, 0.25) is 5.92 Å². The highest BCUT2D eigenvalue weighted by Gasteiger charge is 2.39. The Morgan fingerprint density at radius 2 is 1.97 bits per heavy atom. The van der Waals surface area contributed by atoms with Gasteiger partial charge in [-0.1, -0.05) is 6.07 Å². The number of nitrogens with one attached hydrogen (secondary N) is 3. The largest absolute Gasteiger partial charge is 0.598 e. The molecule has 0 saturated heterocycles. The van der Waals surface area contributed by atoms with Crippen LogP contribution in [-0.2, 0) is 18.4 Å². The number of carbonyl (C=O) groups is 1. The van der Waals surface area contributed by atoms with Gasteiger partial charge in [0.15, 0.2) is 0 Å². The zero-order valence-corrected chi connectivity index (χ0v) is 22.1. The summed E-state index contributed by atoms with van der Waals surface area (Å²) in [6.07, 6.45) is 1.68. The first-order valence-electron chi connectivity index (χ1n) is 12.2. The van der Waals surface area contributed by atoms with Gasteiger partial charge in [-0.3, -0.25) is 9.48 Å². The number of fused-ring (bicyclic) bond motifs is 1. The standard InChI is InChI=1S/C25H34F2N6O2S/c1-15(32-36(35)24(2,3)4)17-6-7-18-19(14-17)30-22(29-18)21(16-8-11-25(26,27)12-9-16)31-23(34)20-10-13-28-33(20)5/h6-7,10,13-16,21,32H,8-9,11-12H2,1-5H3,(H,29,30)(H,31,34)/t15-,21+,36+/m1/s1. The predicted octanol–water partition coefficient (Wildman–Crippen LogP) is 4.71. The number of aryl methyl sites for hydroxylation is 1. The molecule has 0 bridgehead atoms. The average molecular weight is 521 g/mol. The number of imidazole rings is 1. The molecule has 36 heavy (non-hydrogen) atoms. The molecule has 11 heteroatoms. The van der Waals surface area contributed by atoms with Crippen molar-refractivity contribution in [3.8, 4) is 0 Å². The number of hydrogen-bond acceptors (Lipinski definition) is 5. The molecule has 1 aliphatic carbocycles. The van der Waals surface area contributed by atoms with E-state index in [2.05, 4.69) is 20.1 Å². The van der Waals surface area contributed by atoms with E-state index in [9.17, 15) is 18.1 Å². The van der Waals surface area contributed by atoms with E-state index >= 15 is 0 Å². The van der Waals surface area contributed by atoms with Crippen molar-refractivity contribution in [2.45, 2.75) is 76.1 Å². The molecule has 3 atom stereocenters. The third kappa shape index (κ3) is 5.90. The molecule has 196 valence electrons. The number of amides is 1. The molecule has 0 unspecified atom stereocenters. The van der Waals surface area contributed by atoms with Crippen LogP contribution in [0.2, 0.25) is 0 Å². The van der Waals surface area contributed by atoms with Gasteiger partial charge < -0.3 is 14.9 Å². The first-order valence-corrected chi connectivity index (χ1v) is 13.3. The third-order valence-electron chi connectivity index (χ3n) is 6.73. The first kappa shape index (κ1) is 26.6. The number of alkyl halides is 2. The van der Waals surface area contributed by atoms with Crippen LogP contribution in [0.5, 0.6) is 0 Å². The van der Waals surface area contributed by atoms with Gasteiger partial charge in [-0.05, 0) is 70.2 Å². The number of benzene rings is 1. The molecule has 3 N–H and O–H groups in total. The lowest BCUT2D eigenvalue weighted by atomic mass is 9.81. The van der Waals surface area contributed by atoms with Gasteiger partial charge in [-0.2, -0.15) is 5.10 Å². The van der Waals surface area contributed by atoms with Crippen molar-refractivity contribution in [3.63, 3.8) is 0 Å². The number of aromatic nitrogens is 4. The van der Waals surface area contributed by atoms with Gasteiger partial charge in [0.05, 0.1) is 23.1 Å². The molecule has 1 aromatic carbocycles. The first-order chi connectivity index (χ1) is 16.8. The smallest absolute Gasteiger partial charge is 0.270 e. The average Bonchev–Trinajstić information content (AvgIpc) is 3.42. The van der Waals surface area contributed by atoms with Crippen molar-refractivity contribution in [2.24, 2.45) is 13.0 Å². The van der Waals surface area contributed by atoms with Crippen molar-refractivity contribution < 1.29 is 18.1 Å². The third-order valence-corrected chi connectivity index (χ3v) is 8.41. The predicted molar refractivity (Wildman–Crippen MR) is 136 cm³/mol. The molecule has 0 aliphatic heterocycles. The van der Waals surface area contributed by atoms with Crippen molar-refractivity contribution in [1.29, 1.82) is 0 Å². The van der Waals surface area contributed by atoms with Crippen LogP contribution in [-0.4, -0.2) is 40.9 Å². The Kier molecular flexibility index (Phi) is 7.45. The minimum Gasteiger partial charge on any atom is -0.598 e. The Bertz CT molecular complexity index is 1210. The minimum absolute atomic E-state index is 0.171. The second-order valence-corrected chi connectivity index (χ2v) is 12.6. The maximum atomic E-state index is 13.9. The molecule has 8 nitrogen and oxygen atoms in total. The van der Waals surface area contributed by atoms with Crippen LogP contribution in [0.1, 0.15) is 87.3 Å². The molecule has 1 aliphatic rings. The summed E-state index contributed by atoms with van der Waals surface area (Å²) in [5.74, 6) is -2.66. The summed E-state index contributed by atoms with van der Waals surface area (Å²) in [4.78, 5) is 21.1. The van der Waals surface area contributed by atoms with Gasteiger partial charge in [-0.15, -0.1) is 4.72 Å². The van der Waals surface area contributed by atoms with Crippen LogP contribution in [0.25, 0.3) is 11.0 Å². The number of H-pyrrole nitrogens is 1. The van der Waals surface area contributed by atoms with E-state index in [0.29, 0.717) is 17.0 Å². The molecule has 0 radical (unpaired) electrons. The number of halogens is 2. The highest BCUT2D eigenvalue weighted by atomic mass is 32.2. The molecule has 2 aromatic heterocycles. The van der Waals surface area contributed by atoms with Gasteiger partial charge in [-0.25, -0.2) is 13.8 Å². The molecular weight excluding hydrogens is 486 g/mol. The summed E-state index contributed by atoms with van der Waals surface area (Å²) in [6.45, 7) is 7.67. The van der Waals surface area contributed by atoms with Crippen LogP contribution in [0.4, 0.5) is 8.78 Å². The van der Waals surface area contributed by atoms with E-state index < -0.39 is 28.1 Å². The summed E-state index contributed by atoms with van der Waals surface area (Å²) in [6, 6.07) is 6.64. The summed E-state index contributed by atoms with van der Waals surface area (Å²) in [5.41, 5.74) is 2.77. The SMILES string of the molecule is C[C@@H](N[S@@+]([O-])C(C)(C)C)c1ccc2[nH]c([C@@H](NC(=O)c3ccnn3C)C3CCC(F)(F)CC3)nc2c1. The fourth-order valence-corrected chi connectivity index (χ4v) is 5.29. The fraction of sp³-hybridized carbons (Fsp3) is 0.560. The molecule has 1 amide bonds. The molecule has 1 fully saturated rings. The molecule has 2 heterocycles. The lowest BCUT2D eigenvalue weighted by Gasteiger charge is -2.33. The number of rotatable bonds is 7. The van der Waals surface area contributed by atoms with E-state index in [1.54, 1.807) is 13.1 Å². The van der Waals surface area contributed by atoms with E-state index in [1.807, 2.05) is 45.9 Å². The van der Waals surface area contributed by atoms with Crippen molar-refractivity contribution in [2.75, 3.05) is 0 Å². The summed E-state index contributed by atoms with van der Waals surface area (Å²) < 4.78 is 44.5. The number of hydrogen-bond donors (Lipinski definition) is 3. The van der Waals surface area contributed by atoms with Gasteiger partial charge in [0.1, 0.15) is 16.3 Å². The van der Waals surface area contributed by atoms with E-state index in [0.717, 1.165) is 11.1 Å². The van der Waals surface area contributed by atoms with Crippen LogP contribution < -0.4 is 10.0 Å². The minimum atomic E-state index is -2.67. The second kappa shape index (κ2) is 10.1. The number of carbonyl (C=O) groups excluding carboxylic acids is 1. The van der Waals surface area contributed by atoms with Crippen LogP contribution in [0, 0.1) is 5.92 Å². The number of aromatic amines is 1. The zero-order chi connectivity index (χ0) is 26.3. The summed E-state index contributed by atoms with van der Waals surface area (Å²) >= 11 is -1.23. The second-order valence-electron chi connectivity index (χ2n) is 10.6. The monoisotopic (exact) mass is 520 g/mol. The molecule has 4 rings (SSSR count). The Labute approximate surface area is 212 Å². The summed E-state index contributed by atoms with van der Waals surface area (Å²) in [7, 11) is 1.68. The molecular formula is C25H34F2N6O2S. The number of nitrogens with zero attached hydrogens (tertiary/aromatic N) is 3. The van der Waals surface area contributed by atoms with E-state index in [-0.39, 0.29) is 43.6 Å². The maximum Gasteiger partial charge on any atom is 0.270 e. The zero-order valence-electron chi connectivity index (χ0n) is 21.3. The Balaban J connectivity index is 1.61. The van der Waals surface area contributed by atoms with Gasteiger partial charge in [0.25, 0.3) is 5.91 Å². The Morgan fingerprint density at radius 1 is 1.28 bits per heavy atom. The topological polar surface area (TPSA) is 111 Å². The highest BCUT2D eigenvalue weighted by Crippen LogP contribution is 2.41. The van der Waals surface area contributed by atoms with Crippen LogP contribution >= 0.6 is 0 Å². The van der Waals surface area contributed by atoms with Gasteiger partial charge in [0, 0.05) is 37.4 Å². The van der Waals surface area contributed by atoms with Crippen molar-refractivity contribution in [3.05, 3.63) is 47.5 Å². The lowest BCUT2D eigenvalue weighted by molar-refractivity contribution is -0.0496. The highest BCUT2D eigenvalue weighted by molar-refractivity contribution is 7.90. The van der Waals surface area contributed by atoms with Crippen molar-refractivity contribution in [1.82, 2.24) is 29.8 Å². The van der Waals surface area contributed by atoms with Crippen molar-refractivity contribution >= 4 is 28.3 Å². The van der Waals surface area contributed by atoms with Gasteiger partial charge >= 0.3 is 0 Å². The molecule has 3 aromatic rings. The fourth-order valence-electron chi connectivity index (χ4n) is 4.48. The van der Waals surface area contributed by atoms with E-state index in [1.165, 1.54) is 10.9 Å². The summed E-state index contributed by atoms with van der Waals surface area (Å²) in [5, 5.41) is 7.07. The molecule has 0 spiro atoms.